The summed E-state index contributed by atoms with van der Waals surface area (Å²) in [6.45, 7) is 4.12. The summed E-state index contributed by atoms with van der Waals surface area (Å²) in [5, 5.41) is 14.6. The number of rotatable bonds is 7. The molecular weight excluding hydrogens is 439 g/mol. The number of nitrogens with zero attached hydrogens (tertiary/aromatic N) is 1. The van der Waals surface area contributed by atoms with Gasteiger partial charge in [-0.3, -0.25) is 4.79 Å². The quantitative estimate of drug-likeness (QED) is 0.360. The molecular formula is C23H22Cl2N2O4. The first-order chi connectivity index (χ1) is 14.8. The number of hydrogen-bond donors (Lipinski definition) is 1. The molecule has 0 saturated heterocycles. The number of amides is 1. The third-order valence-corrected chi connectivity index (χ3v) is 5.09. The molecule has 1 amide bonds. The zero-order valence-corrected chi connectivity index (χ0v) is 18.8. The molecule has 3 rings (SSSR count). The smallest absolute Gasteiger partial charge is 0.229 e. The number of methoxy groups -OCH3 is 1. The van der Waals surface area contributed by atoms with Crippen LogP contribution in [0, 0.1) is 5.21 Å². The lowest BCUT2D eigenvalue weighted by molar-refractivity contribution is -0.605. The van der Waals surface area contributed by atoms with E-state index in [-0.39, 0.29) is 34.0 Å². The van der Waals surface area contributed by atoms with E-state index < -0.39 is 0 Å². The molecule has 0 atom stereocenters. The molecule has 0 unspecified atom stereocenters. The maximum absolute atomic E-state index is 12.3. The van der Waals surface area contributed by atoms with Crippen molar-refractivity contribution in [1.29, 1.82) is 0 Å². The summed E-state index contributed by atoms with van der Waals surface area (Å²) >= 11 is 12.8. The first-order valence-corrected chi connectivity index (χ1v) is 10.3. The Morgan fingerprint density at radius 3 is 2.48 bits per heavy atom. The van der Waals surface area contributed by atoms with Crippen LogP contribution in [-0.2, 0) is 11.2 Å². The van der Waals surface area contributed by atoms with E-state index in [4.69, 9.17) is 32.7 Å². The van der Waals surface area contributed by atoms with Crippen molar-refractivity contribution in [2.75, 3.05) is 12.4 Å². The summed E-state index contributed by atoms with van der Waals surface area (Å²) in [4.78, 5) is 12.3. The molecule has 0 radical (unpaired) electrons. The molecule has 0 fully saturated rings. The minimum absolute atomic E-state index is 0.0421. The third-order valence-electron chi connectivity index (χ3n) is 4.53. The second-order valence-corrected chi connectivity index (χ2v) is 8.04. The molecule has 2 aromatic carbocycles. The maximum atomic E-state index is 12.3. The molecule has 0 bridgehead atoms. The molecule has 162 valence electrons. The van der Waals surface area contributed by atoms with Gasteiger partial charge in [0.1, 0.15) is 11.5 Å². The summed E-state index contributed by atoms with van der Waals surface area (Å²) in [5.41, 5.74) is 2.01. The van der Waals surface area contributed by atoms with Crippen LogP contribution in [-0.4, -0.2) is 13.0 Å². The molecule has 6 nitrogen and oxygen atoms in total. The van der Waals surface area contributed by atoms with Gasteiger partial charge in [-0.25, -0.2) is 0 Å². The van der Waals surface area contributed by atoms with Crippen LogP contribution in [0.2, 0.25) is 10.0 Å². The number of benzene rings is 2. The lowest BCUT2D eigenvalue weighted by Gasteiger charge is -2.16. The highest BCUT2D eigenvalue weighted by molar-refractivity contribution is 6.37. The number of carbonyl (C=O) groups excluding carboxylic acids is 1. The Kier molecular flexibility index (Phi) is 7.25. The van der Waals surface area contributed by atoms with Crippen LogP contribution >= 0.6 is 23.2 Å². The van der Waals surface area contributed by atoms with Gasteiger partial charge in [-0.2, -0.15) is 4.73 Å². The van der Waals surface area contributed by atoms with Gasteiger partial charge in [0.25, 0.3) is 0 Å². The largest absolute Gasteiger partial charge is 0.619 e. The normalized spacial score (nSPS) is 10.8. The molecule has 0 aliphatic rings. The van der Waals surface area contributed by atoms with Crippen molar-refractivity contribution in [1.82, 2.24) is 0 Å². The highest BCUT2D eigenvalue weighted by atomic mass is 35.5. The van der Waals surface area contributed by atoms with Gasteiger partial charge in [-0.05, 0) is 42.3 Å². The van der Waals surface area contributed by atoms with Crippen molar-refractivity contribution in [2.24, 2.45) is 0 Å². The average molecular weight is 461 g/mol. The Labute approximate surface area is 190 Å². The predicted molar refractivity (Wildman–Crippen MR) is 121 cm³/mol. The van der Waals surface area contributed by atoms with E-state index in [1.165, 1.54) is 12.4 Å². The minimum Gasteiger partial charge on any atom is -0.619 e. The molecule has 0 spiro atoms. The van der Waals surface area contributed by atoms with Gasteiger partial charge < -0.3 is 20.0 Å². The van der Waals surface area contributed by atoms with E-state index in [1.807, 2.05) is 12.1 Å². The first kappa shape index (κ1) is 22.7. The van der Waals surface area contributed by atoms with Crippen molar-refractivity contribution >= 4 is 34.8 Å². The van der Waals surface area contributed by atoms with Crippen molar-refractivity contribution in [3.63, 3.8) is 0 Å². The Bertz CT molecular complexity index is 1080. The second-order valence-electron chi connectivity index (χ2n) is 7.23. The molecule has 0 aliphatic heterocycles. The van der Waals surface area contributed by atoms with Crippen LogP contribution in [0.3, 0.4) is 0 Å². The van der Waals surface area contributed by atoms with Crippen LogP contribution < -0.4 is 19.5 Å². The number of anilines is 1. The van der Waals surface area contributed by atoms with E-state index in [2.05, 4.69) is 19.2 Å². The Morgan fingerprint density at radius 1 is 1.16 bits per heavy atom. The summed E-state index contributed by atoms with van der Waals surface area (Å²) < 4.78 is 12.0. The molecule has 0 saturated carbocycles. The monoisotopic (exact) mass is 460 g/mol. The van der Waals surface area contributed by atoms with E-state index in [9.17, 15) is 10.0 Å². The highest BCUT2D eigenvalue weighted by Crippen LogP contribution is 2.40. The fraction of sp³-hybridized carbons (Fsp3) is 0.217. The lowest BCUT2D eigenvalue weighted by atomic mass is 10.0. The van der Waals surface area contributed by atoms with Gasteiger partial charge in [0, 0.05) is 22.9 Å². The summed E-state index contributed by atoms with van der Waals surface area (Å²) in [6.07, 6.45) is 2.74. The zero-order valence-electron chi connectivity index (χ0n) is 17.3. The highest BCUT2D eigenvalue weighted by Gasteiger charge is 2.15. The number of aromatic nitrogens is 1. The van der Waals surface area contributed by atoms with Gasteiger partial charge in [0.05, 0.1) is 23.6 Å². The molecule has 3 aromatic rings. The number of halogens is 2. The lowest BCUT2D eigenvalue weighted by Crippen LogP contribution is -2.26. The fourth-order valence-electron chi connectivity index (χ4n) is 3.07. The van der Waals surface area contributed by atoms with Crippen LogP contribution in [0.5, 0.6) is 17.2 Å². The predicted octanol–water partition coefficient (Wildman–Crippen LogP) is 5.73. The molecule has 1 aromatic heterocycles. The van der Waals surface area contributed by atoms with E-state index in [1.54, 1.807) is 37.4 Å². The van der Waals surface area contributed by atoms with Gasteiger partial charge in [-0.15, -0.1) is 0 Å². The fourth-order valence-corrected chi connectivity index (χ4v) is 3.63. The third kappa shape index (κ3) is 5.81. The minimum atomic E-state index is -0.302. The van der Waals surface area contributed by atoms with Crippen molar-refractivity contribution in [3.8, 4) is 17.2 Å². The molecule has 8 heteroatoms. The van der Waals surface area contributed by atoms with E-state index >= 15 is 0 Å². The number of hydrogen-bond acceptors (Lipinski definition) is 4. The van der Waals surface area contributed by atoms with Crippen molar-refractivity contribution in [3.05, 3.63) is 81.2 Å². The SMILES string of the molecule is COc1ccc(Oc2c(Cl)cc(NC(=O)Cc3ccc[n+]([O-])c3)cc2Cl)cc1C(C)C. The van der Waals surface area contributed by atoms with Gasteiger partial charge in [0.2, 0.25) is 5.91 Å². The number of ether oxygens (including phenoxy) is 2. The Hall–Kier alpha value is -2.96. The molecule has 1 N–H and O–H groups in total. The number of nitrogens with one attached hydrogen (secondary N) is 1. The van der Waals surface area contributed by atoms with Gasteiger partial charge >= 0.3 is 0 Å². The maximum Gasteiger partial charge on any atom is 0.229 e. The Balaban J connectivity index is 1.76. The van der Waals surface area contributed by atoms with Crippen LogP contribution in [0.4, 0.5) is 5.69 Å². The zero-order chi connectivity index (χ0) is 22.5. The van der Waals surface area contributed by atoms with Gasteiger partial charge in [0.15, 0.2) is 18.1 Å². The van der Waals surface area contributed by atoms with Crippen LogP contribution in [0.25, 0.3) is 0 Å². The Morgan fingerprint density at radius 2 is 1.87 bits per heavy atom. The molecule has 31 heavy (non-hydrogen) atoms. The molecule has 1 heterocycles. The number of pyridine rings is 1. The summed E-state index contributed by atoms with van der Waals surface area (Å²) in [5.74, 6) is 1.57. The van der Waals surface area contributed by atoms with E-state index in [0.717, 1.165) is 11.3 Å². The van der Waals surface area contributed by atoms with E-state index in [0.29, 0.717) is 21.7 Å². The second kappa shape index (κ2) is 9.90. The first-order valence-electron chi connectivity index (χ1n) is 9.59. The summed E-state index contributed by atoms with van der Waals surface area (Å²) in [6, 6.07) is 11.9. The van der Waals surface area contributed by atoms with Gasteiger partial charge in [-0.1, -0.05) is 37.0 Å². The van der Waals surface area contributed by atoms with Crippen LogP contribution in [0.15, 0.2) is 54.9 Å². The summed E-state index contributed by atoms with van der Waals surface area (Å²) in [7, 11) is 1.62. The number of carbonyl (C=O) groups is 1. The van der Waals surface area contributed by atoms with Crippen molar-refractivity contribution < 1.29 is 19.0 Å². The van der Waals surface area contributed by atoms with Crippen LogP contribution in [0.1, 0.15) is 30.9 Å². The topological polar surface area (TPSA) is 74.5 Å². The van der Waals surface area contributed by atoms with Crippen molar-refractivity contribution in [2.45, 2.75) is 26.2 Å². The average Bonchev–Trinajstić information content (AvgIpc) is 2.70. The molecule has 0 aliphatic carbocycles. The standard InChI is InChI=1S/C23H22Cl2N2O4/c1-14(2)18-12-17(6-7-21(18)30-3)31-23-19(24)10-16(11-20(23)25)26-22(28)9-15-5-4-8-27(29)13-15/h4-8,10-14H,9H2,1-3H3,(H,26,28).